The van der Waals surface area contributed by atoms with Crippen molar-refractivity contribution in [1.82, 2.24) is 0 Å². The number of benzene rings is 2. The van der Waals surface area contributed by atoms with Gasteiger partial charge in [0, 0.05) is 10.5 Å². The molecule has 0 heterocycles. The van der Waals surface area contributed by atoms with E-state index in [-0.39, 0.29) is 5.69 Å². The molecule has 1 amide bonds. The highest BCUT2D eigenvalue weighted by Gasteiger charge is 2.32. The lowest BCUT2D eigenvalue weighted by Gasteiger charge is -2.23. The quantitative estimate of drug-likeness (QED) is 0.572. The molecule has 0 aliphatic heterocycles. The topological polar surface area (TPSA) is 124 Å². The fourth-order valence-electron chi connectivity index (χ4n) is 2.01. The number of rotatable bonds is 6. The molecule has 0 saturated carbocycles. The lowest BCUT2D eigenvalue weighted by atomic mass is 10.3. The van der Waals surface area contributed by atoms with Gasteiger partial charge in [0.2, 0.25) is 5.91 Å². The Hall–Kier alpha value is -2.46. The summed E-state index contributed by atoms with van der Waals surface area (Å²) in [5.74, 6) is -0.889. The maximum Gasteiger partial charge on any atom is 0.289 e. The predicted octanol–water partition coefficient (Wildman–Crippen LogP) is 2.04. The maximum atomic E-state index is 12.9. The van der Waals surface area contributed by atoms with Crippen LogP contribution in [-0.2, 0) is 14.8 Å². The number of anilines is 1. The summed E-state index contributed by atoms with van der Waals surface area (Å²) in [6, 6.07) is 11.0. The van der Waals surface area contributed by atoms with Crippen molar-refractivity contribution < 1.29 is 18.1 Å². The molecule has 0 fully saturated rings. The van der Waals surface area contributed by atoms with E-state index in [2.05, 4.69) is 15.9 Å². The molecule has 0 saturated heterocycles. The zero-order chi connectivity index (χ0) is 17.9. The average Bonchev–Trinajstić information content (AvgIpc) is 2.53. The lowest BCUT2D eigenvalue weighted by molar-refractivity contribution is -0.387. The van der Waals surface area contributed by atoms with Gasteiger partial charge in [0.1, 0.15) is 6.54 Å². The molecule has 0 bridgehead atoms. The number of halogens is 1. The second kappa shape index (κ2) is 6.97. The van der Waals surface area contributed by atoms with Crippen LogP contribution in [0, 0.1) is 10.1 Å². The van der Waals surface area contributed by atoms with Gasteiger partial charge in [-0.15, -0.1) is 0 Å². The third-order valence-electron chi connectivity index (χ3n) is 3.04. The summed E-state index contributed by atoms with van der Waals surface area (Å²) in [4.78, 5) is 21.1. The zero-order valence-electron chi connectivity index (χ0n) is 12.1. The van der Waals surface area contributed by atoms with Gasteiger partial charge < -0.3 is 5.73 Å². The first kappa shape index (κ1) is 17.9. The van der Waals surface area contributed by atoms with Crippen molar-refractivity contribution in [2.45, 2.75) is 4.90 Å². The van der Waals surface area contributed by atoms with Crippen molar-refractivity contribution >= 4 is 43.2 Å². The molecule has 2 N–H and O–H groups in total. The highest BCUT2D eigenvalue weighted by molar-refractivity contribution is 9.10. The van der Waals surface area contributed by atoms with Crippen LogP contribution >= 0.6 is 15.9 Å². The van der Waals surface area contributed by atoms with Gasteiger partial charge in [0.05, 0.1) is 10.6 Å². The number of nitro groups is 1. The van der Waals surface area contributed by atoms with E-state index in [9.17, 15) is 23.3 Å². The average molecular weight is 414 g/mol. The Balaban J connectivity index is 2.62. The molecule has 0 aliphatic rings. The molecule has 10 heteroatoms. The summed E-state index contributed by atoms with van der Waals surface area (Å²) in [6.45, 7) is -0.643. The van der Waals surface area contributed by atoms with E-state index >= 15 is 0 Å². The van der Waals surface area contributed by atoms with Crippen LogP contribution in [0.4, 0.5) is 11.4 Å². The van der Waals surface area contributed by atoms with Crippen molar-refractivity contribution in [1.29, 1.82) is 0 Å². The van der Waals surface area contributed by atoms with Crippen LogP contribution in [-0.4, -0.2) is 25.8 Å². The number of hydrogen-bond donors (Lipinski definition) is 1. The van der Waals surface area contributed by atoms with E-state index in [0.717, 1.165) is 16.4 Å². The molecule has 24 heavy (non-hydrogen) atoms. The van der Waals surface area contributed by atoms with Crippen molar-refractivity contribution in [3.63, 3.8) is 0 Å². The summed E-state index contributed by atoms with van der Waals surface area (Å²) < 4.78 is 27.2. The molecule has 0 spiro atoms. The molecular weight excluding hydrogens is 402 g/mol. The van der Waals surface area contributed by atoms with Crippen LogP contribution in [0.5, 0.6) is 0 Å². The molecule has 0 radical (unpaired) electrons. The van der Waals surface area contributed by atoms with Crippen molar-refractivity contribution in [3.8, 4) is 0 Å². The summed E-state index contributed by atoms with van der Waals surface area (Å²) in [7, 11) is -4.36. The number of nitrogens with zero attached hydrogens (tertiary/aromatic N) is 2. The molecule has 2 aromatic carbocycles. The number of para-hydroxylation sites is 1. The monoisotopic (exact) mass is 413 g/mol. The number of sulfonamides is 1. The molecule has 0 aromatic heterocycles. The van der Waals surface area contributed by atoms with Crippen molar-refractivity contribution in [2.24, 2.45) is 5.73 Å². The van der Waals surface area contributed by atoms with Crippen LogP contribution in [0.15, 0.2) is 57.9 Å². The highest BCUT2D eigenvalue weighted by Crippen LogP contribution is 2.30. The van der Waals surface area contributed by atoms with Crippen LogP contribution < -0.4 is 10.0 Å². The van der Waals surface area contributed by atoms with E-state index in [0.29, 0.717) is 4.47 Å². The number of hydrogen-bond acceptors (Lipinski definition) is 5. The summed E-state index contributed by atoms with van der Waals surface area (Å²) in [5, 5.41) is 11.1. The van der Waals surface area contributed by atoms with Crippen LogP contribution in [0.1, 0.15) is 0 Å². The Bertz CT molecular complexity index is 884. The first-order chi connectivity index (χ1) is 11.2. The van der Waals surface area contributed by atoms with E-state index in [1.54, 1.807) is 12.1 Å². The Labute approximate surface area is 146 Å². The Morgan fingerprint density at radius 3 is 2.29 bits per heavy atom. The van der Waals surface area contributed by atoms with Crippen molar-refractivity contribution in [3.05, 3.63) is 63.1 Å². The minimum atomic E-state index is -4.36. The fraction of sp³-hybridized carbons (Fsp3) is 0.0714. The SMILES string of the molecule is NC(=O)CN(c1ccc(Br)cc1)S(=O)(=O)c1ccccc1[N+](=O)[O-]. The molecule has 0 unspecified atom stereocenters. The van der Waals surface area contributed by atoms with Gasteiger partial charge in [-0.3, -0.25) is 19.2 Å². The fourth-order valence-corrected chi connectivity index (χ4v) is 3.86. The highest BCUT2D eigenvalue weighted by atomic mass is 79.9. The Kier molecular flexibility index (Phi) is 5.20. The minimum absolute atomic E-state index is 0.162. The van der Waals surface area contributed by atoms with Crippen LogP contribution in [0.25, 0.3) is 0 Å². The summed E-state index contributed by atoms with van der Waals surface area (Å²) >= 11 is 3.22. The smallest absolute Gasteiger partial charge is 0.289 e. The molecule has 126 valence electrons. The second-order valence-electron chi connectivity index (χ2n) is 4.68. The molecule has 0 atom stereocenters. The van der Waals surface area contributed by atoms with E-state index in [1.807, 2.05) is 0 Å². The summed E-state index contributed by atoms with van der Waals surface area (Å²) in [6.07, 6.45) is 0. The first-order valence-corrected chi connectivity index (χ1v) is 8.77. The predicted molar refractivity (Wildman–Crippen MR) is 91.0 cm³/mol. The lowest BCUT2D eigenvalue weighted by Crippen LogP contribution is -2.38. The third kappa shape index (κ3) is 3.71. The minimum Gasteiger partial charge on any atom is -0.368 e. The first-order valence-electron chi connectivity index (χ1n) is 6.53. The molecule has 8 nitrogen and oxygen atoms in total. The standard InChI is InChI=1S/C14H12BrN3O5S/c15-10-5-7-11(8-6-10)17(9-14(16)19)24(22,23)13-4-2-1-3-12(13)18(20)21/h1-8H,9H2,(H2,16,19). The molecule has 0 aliphatic carbocycles. The van der Waals surface area contributed by atoms with E-state index in [1.165, 1.54) is 24.3 Å². The maximum absolute atomic E-state index is 12.9. The van der Waals surface area contributed by atoms with Crippen LogP contribution in [0.2, 0.25) is 0 Å². The van der Waals surface area contributed by atoms with Gasteiger partial charge in [-0.25, -0.2) is 8.42 Å². The molecule has 2 aromatic rings. The normalized spacial score (nSPS) is 11.0. The number of carbonyl (C=O) groups excluding carboxylic acids is 1. The Morgan fingerprint density at radius 1 is 1.17 bits per heavy atom. The van der Waals surface area contributed by atoms with Gasteiger partial charge in [-0.1, -0.05) is 28.1 Å². The number of primary amides is 1. The Morgan fingerprint density at radius 2 is 1.75 bits per heavy atom. The number of nitrogens with two attached hydrogens (primary N) is 1. The number of nitro benzene ring substituents is 1. The second-order valence-corrected chi connectivity index (χ2v) is 7.43. The largest absolute Gasteiger partial charge is 0.368 e. The number of carbonyl (C=O) groups is 1. The van der Waals surface area contributed by atoms with Crippen LogP contribution in [0.3, 0.4) is 0 Å². The van der Waals surface area contributed by atoms with Gasteiger partial charge in [0.15, 0.2) is 4.90 Å². The van der Waals surface area contributed by atoms with Crippen molar-refractivity contribution in [2.75, 3.05) is 10.8 Å². The van der Waals surface area contributed by atoms with Gasteiger partial charge in [-0.05, 0) is 30.3 Å². The number of amides is 1. The molecule has 2 rings (SSSR count). The zero-order valence-corrected chi connectivity index (χ0v) is 14.5. The van der Waals surface area contributed by atoms with E-state index < -0.39 is 38.0 Å². The van der Waals surface area contributed by atoms with Gasteiger partial charge >= 0.3 is 0 Å². The van der Waals surface area contributed by atoms with Gasteiger partial charge in [-0.2, -0.15) is 0 Å². The third-order valence-corrected chi connectivity index (χ3v) is 5.39. The molecular formula is C14H12BrN3O5S. The summed E-state index contributed by atoms with van der Waals surface area (Å²) in [5.41, 5.74) is 4.73. The van der Waals surface area contributed by atoms with E-state index in [4.69, 9.17) is 5.73 Å². The van der Waals surface area contributed by atoms with Gasteiger partial charge in [0.25, 0.3) is 15.7 Å².